The molecule has 0 radical (unpaired) electrons. The van der Waals surface area contributed by atoms with Gasteiger partial charge in [-0.25, -0.2) is 0 Å². The van der Waals surface area contributed by atoms with Crippen molar-refractivity contribution in [2.75, 3.05) is 7.11 Å². The van der Waals surface area contributed by atoms with Crippen molar-refractivity contribution in [3.63, 3.8) is 0 Å². The summed E-state index contributed by atoms with van der Waals surface area (Å²) in [5.74, 6) is -0.0775. The third kappa shape index (κ3) is 16.9. The van der Waals surface area contributed by atoms with Gasteiger partial charge in [0.2, 0.25) is 0 Å². The maximum atomic E-state index is 10.9. The van der Waals surface area contributed by atoms with Crippen molar-refractivity contribution < 1.29 is 9.53 Å². The molecule has 0 saturated heterocycles. The maximum Gasteiger partial charge on any atom is 0.305 e. The number of ether oxygens (including phenoxy) is 1. The van der Waals surface area contributed by atoms with Gasteiger partial charge in [-0.1, -0.05) is 69.8 Å². The molecule has 0 amide bonds. The predicted octanol–water partition coefficient (Wildman–Crippen LogP) is 5.97. The normalized spacial score (nSPS) is 11.5. The molecule has 0 aromatic heterocycles. The van der Waals surface area contributed by atoms with E-state index in [1.54, 1.807) is 0 Å². The van der Waals surface area contributed by atoms with E-state index in [0.717, 1.165) is 19.3 Å². The fraction of sp³-hybridized carbons (Fsp3) is 0.737. The van der Waals surface area contributed by atoms with Crippen molar-refractivity contribution in [3.05, 3.63) is 24.3 Å². The number of allylic oxidation sites excluding steroid dienone is 4. The Balaban J connectivity index is 3.15. The molecule has 0 spiro atoms. The van der Waals surface area contributed by atoms with Gasteiger partial charge in [0.25, 0.3) is 0 Å². The second-order valence-electron chi connectivity index (χ2n) is 5.56. The summed E-state index contributed by atoms with van der Waals surface area (Å²) in [4.78, 5) is 10.9. The molecule has 0 unspecified atom stereocenters. The third-order valence-electron chi connectivity index (χ3n) is 3.54. The first-order valence-corrected chi connectivity index (χ1v) is 8.68. The van der Waals surface area contributed by atoms with E-state index in [1.165, 1.54) is 58.5 Å². The quantitative estimate of drug-likeness (QED) is 0.224. The molecule has 0 fully saturated rings. The SMILES string of the molecule is CCC/C=C/C/C=C/CCCCCCCCCC(=O)OC. The Morgan fingerprint density at radius 2 is 1.38 bits per heavy atom. The van der Waals surface area contributed by atoms with E-state index >= 15 is 0 Å². The van der Waals surface area contributed by atoms with Crippen LogP contribution in [0.5, 0.6) is 0 Å². The number of carbonyl (C=O) groups is 1. The van der Waals surface area contributed by atoms with Crippen molar-refractivity contribution in [1.82, 2.24) is 0 Å². The van der Waals surface area contributed by atoms with Gasteiger partial charge in [-0.05, 0) is 32.1 Å². The molecule has 0 N–H and O–H groups in total. The van der Waals surface area contributed by atoms with Gasteiger partial charge in [0.15, 0.2) is 0 Å². The Labute approximate surface area is 131 Å². The Morgan fingerprint density at radius 1 is 0.810 bits per heavy atom. The largest absolute Gasteiger partial charge is 0.469 e. The number of rotatable bonds is 14. The summed E-state index contributed by atoms with van der Waals surface area (Å²) < 4.78 is 4.62. The highest BCUT2D eigenvalue weighted by molar-refractivity contribution is 5.68. The fourth-order valence-corrected chi connectivity index (χ4v) is 2.19. The van der Waals surface area contributed by atoms with Gasteiger partial charge in [0, 0.05) is 6.42 Å². The van der Waals surface area contributed by atoms with E-state index in [-0.39, 0.29) is 5.97 Å². The number of methoxy groups -OCH3 is 1. The summed E-state index contributed by atoms with van der Waals surface area (Å²) in [6.07, 6.45) is 23.0. The highest BCUT2D eigenvalue weighted by Gasteiger charge is 1.98. The summed E-state index contributed by atoms with van der Waals surface area (Å²) in [6.45, 7) is 2.21. The van der Waals surface area contributed by atoms with Crippen LogP contribution in [0.4, 0.5) is 0 Å². The van der Waals surface area contributed by atoms with Crippen LogP contribution in [0, 0.1) is 0 Å². The van der Waals surface area contributed by atoms with Crippen LogP contribution in [0.25, 0.3) is 0 Å². The van der Waals surface area contributed by atoms with Gasteiger partial charge in [-0.3, -0.25) is 4.79 Å². The minimum atomic E-state index is -0.0775. The van der Waals surface area contributed by atoms with Crippen molar-refractivity contribution in [3.8, 4) is 0 Å². The first kappa shape index (κ1) is 19.9. The molecule has 122 valence electrons. The Hall–Kier alpha value is -1.05. The lowest BCUT2D eigenvalue weighted by Crippen LogP contribution is -1.99. The average molecular weight is 294 g/mol. The second-order valence-corrected chi connectivity index (χ2v) is 5.56. The second kappa shape index (κ2) is 17.0. The number of carbonyl (C=O) groups excluding carboxylic acids is 1. The Bertz CT molecular complexity index is 279. The van der Waals surface area contributed by atoms with Crippen LogP contribution in [-0.4, -0.2) is 13.1 Å². The van der Waals surface area contributed by atoms with Gasteiger partial charge < -0.3 is 4.74 Å². The molecule has 2 heteroatoms. The van der Waals surface area contributed by atoms with Crippen molar-refractivity contribution >= 4 is 5.97 Å². The van der Waals surface area contributed by atoms with E-state index in [9.17, 15) is 4.79 Å². The van der Waals surface area contributed by atoms with Crippen molar-refractivity contribution in [2.24, 2.45) is 0 Å². The molecule has 0 bridgehead atoms. The number of hydrogen-bond acceptors (Lipinski definition) is 2. The molecule has 0 aliphatic rings. The summed E-state index contributed by atoms with van der Waals surface area (Å²) in [7, 11) is 1.46. The number of esters is 1. The minimum Gasteiger partial charge on any atom is -0.469 e. The van der Waals surface area contributed by atoms with Gasteiger partial charge in [-0.15, -0.1) is 0 Å². The van der Waals surface area contributed by atoms with E-state index < -0.39 is 0 Å². The van der Waals surface area contributed by atoms with Gasteiger partial charge in [0.05, 0.1) is 7.11 Å². The van der Waals surface area contributed by atoms with Crippen molar-refractivity contribution in [1.29, 1.82) is 0 Å². The maximum absolute atomic E-state index is 10.9. The lowest BCUT2D eigenvalue weighted by atomic mass is 10.1. The zero-order valence-corrected chi connectivity index (χ0v) is 14.1. The minimum absolute atomic E-state index is 0.0775. The number of unbranched alkanes of at least 4 members (excludes halogenated alkanes) is 8. The Kier molecular flexibility index (Phi) is 16.2. The zero-order valence-electron chi connectivity index (χ0n) is 14.1. The molecule has 0 aliphatic carbocycles. The molecule has 0 aromatic rings. The summed E-state index contributed by atoms with van der Waals surface area (Å²) in [5.41, 5.74) is 0. The Morgan fingerprint density at radius 3 is 2.00 bits per heavy atom. The zero-order chi connectivity index (χ0) is 15.6. The smallest absolute Gasteiger partial charge is 0.305 e. The summed E-state index contributed by atoms with van der Waals surface area (Å²) >= 11 is 0. The van der Waals surface area contributed by atoms with Crippen LogP contribution < -0.4 is 0 Å². The van der Waals surface area contributed by atoms with Crippen LogP contribution in [0.3, 0.4) is 0 Å². The third-order valence-corrected chi connectivity index (χ3v) is 3.54. The van der Waals surface area contributed by atoms with Crippen LogP contribution in [-0.2, 0) is 9.53 Å². The lowest BCUT2D eigenvalue weighted by molar-refractivity contribution is -0.140. The van der Waals surface area contributed by atoms with Crippen molar-refractivity contribution in [2.45, 2.75) is 84.0 Å². The number of hydrogen-bond donors (Lipinski definition) is 0. The molecule has 0 rings (SSSR count). The predicted molar refractivity (Wildman–Crippen MR) is 91.4 cm³/mol. The summed E-state index contributed by atoms with van der Waals surface area (Å²) in [5, 5.41) is 0. The van der Waals surface area contributed by atoms with Crippen LogP contribution >= 0.6 is 0 Å². The van der Waals surface area contributed by atoms with Crippen LogP contribution in [0.15, 0.2) is 24.3 Å². The van der Waals surface area contributed by atoms with Gasteiger partial charge in [-0.2, -0.15) is 0 Å². The van der Waals surface area contributed by atoms with Gasteiger partial charge >= 0.3 is 5.97 Å². The fourth-order valence-electron chi connectivity index (χ4n) is 2.19. The van der Waals surface area contributed by atoms with E-state index in [0.29, 0.717) is 6.42 Å². The molecule has 0 aromatic carbocycles. The van der Waals surface area contributed by atoms with Crippen LogP contribution in [0.1, 0.15) is 84.0 Å². The molecule has 2 nitrogen and oxygen atoms in total. The molecule has 21 heavy (non-hydrogen) atoms. The molecular formula is C19H34O2. The van der Waals surface area contributed by atoms with E-state index in [1.807, 2.05) is 0 Å². The lowest BCUT2D eigenvalue weighted by Gasteiger charge is -2.01. The highest BCUT2D eigenvalue weighted by atomic mass is 16.5. The standard InChI is InChI=1S/C19H34O2/c1-3-4-5-6-7-8-9-10-11-12-13-14-15-16-17-18-19(20)21-2/h5-6,8-9H,3-4,7,10-18H2,1-2H3/b6-5+,9-8+. The average Bonchev–Trinajstić information content (AvgIpc) is 2.50. The molecule has 0 heterocycles. The summed E-state index contributed by atoms with van der Waals surface area (Å²) in [6, 6.07) is 0. The molecule has 0 saturated carbocycles. The highest BCUT2D eigenvalue weighted by Crippen LogP contribution is 2.10. The molecular weight excluding hydrogens is 260 g/mol. The first-order valence-electron chi connectivity index (χ1n) is 8.68. The van der Waals surface area contributed by atoms with E-state index in [2.05, 4.69) is 36.0 Å². The topological polar surface area (TPSA) is 26.3 Å². The van der Waals surface area contributed by atoms with E-state index in [4.69, 9.17) is 0 Å². The molecule has 0 aliphatic heterocycles. The first-order chi connectivity index (χ1) is 10.3. The monoisotopic (exact) mass is 294 g/mol. The molecule has 0 atom stereocenters. The van der Waals surface area contributed by atoms with Gasteiger partial charge in [0.1, 0.15) is 0 Å². The van der Waals surface area contributed by atoms with Crippen LogP contribution in [0.2, 0.25) is 0 Å².